The lowest BCUT2D eigenvalue weighted by molar-refractivity contribution is 0.551. The van der Waals surface area contributed by atoms with Gasteiger partial charge in [-0.3, -0.25) is 0 Å². The fourth-order valence-corrected chi connectivity index (χ4v) is 5.64. The summed E-state index contributed by atoms with van der Waals surface area (Å²) in [5.74, 6) is 0. The molecule has 1 saturated carbocycles. The average Bonchev–Trinajstić information content (AvgIpc) is 2.83. The maximum absolute atomic E-state index is 12.8. The van der Waals surface area contributed by atoms with Crippen LogP contribution in [0.4, 0.5) is 5.69 Å². The second kappa shape index (κ2) is 6.18. The summed E-state index contributed by atoms with van der Waals surface area (Å²) in [5.41, 5.74) is 8.82. The van der Waals surface area contributed by atoms with Gasteiger partial charge in [0.2, 0.25) is 10.0 Å². The molecule has 4 nitrogen and oxygen atoms in total. The van der Waals surface area contributed by atoms with E-state index in [1.807, 2.05) is 31.7 Å². The molecule has 0 amide bonds. The molecule has 1 fully saturated rings. The van der Waals surface area contributed by atoms with Crippen LogP contribution in [0.1, 0.15) is 36.0 Å². The van der Waals surface area contributed by atoms with Crippen LogP contribution in [-0.4, -0.2) is 26.0 Å². The fraction of sp³-hybridized carbons (Fsp3) is 0.600. The van der Waals surface area contributed by atoms with E-state index < -0.39 is 10.0 Å². The van der Waals surface area contributed by atoms with Crippen LogP contribution in [0, 0.1) is 20.8 Å². The Bertz CT molecular complexity index is 615. The zero-order valence-electron chi connectivity index (χ0n) is 13.1. The second-order valence-electron chi connectivity index (χ2n) is 5.85. The molecule has 3 N–H and O–H groups in total. The van der Waals surface area contributed by atoms with Crippen LogP contribution in [-0.2, 0) is 10.0 Å². The van der Waals surface area contributed by atoms with Gasteiger partial charge in [0.25, 0.3) is 0 Å². The minimum Gasteiger partial charge on any atom is -0.398 e. The molecule has 118 valence electrons. The number of thioether (sulfide) groups is 1. The van der Waals surface area contributed by atoms with Crippen molar-refractivity contribution in [2.75, 3.05) is 12.0 Å². The zero-order valence-corrected chi connectivity index (χ0v) is 14.7. The van der Waals surface area contributed by atoms with E-state index in [4.69, 9.17) is 5.73 Å². The first kappa shape index (κ1) is 16.6. The summed E-state index contributed by atoms with van der Waals surface area (Å²) in [5, 5.41) is 0.558. The topological polar surface area (TPSA) is 72.2 Å². The van der Waals surface area contributed by atoms with Crippen molar-refractivity contribution < 1.29 is 8.42 Å². The van der Waals surface area contributed by atoms with E-state index in [0.717, 1.165) is 30.4 Å². The van der Waals surface area contributed by atoms with Crippen LogP contribution in [0.25, 0.3) is 0 Å². The van der Waals surface area contributed by atoms with Gasteiger partial charge < -0.3 is 5.73 Å². The highest BCUT2D eigenvalue weighted by Gasteiger charge is 2.30. The van der Waals surface area contributed by atoms with Gasteiger partial charge in [-0.1, -0.05) is 0 Å². The van der Waals surface area contributed by atoms with E-state index in [1.54, 1.807) is 6.92 Å². The number of nitrogens with two attached hydrogens (primary N) is 1. The summed E-state index contributed by atoms with van der Waals surface area (Å²) in [6.45, 7) is 5.51. The number of hydrogen-bond donors (Lipinski definition) is 2. The molecule has 0 saturated heterocycles. The Labute approximate surface area is 131 Å². The van der Waals surface area contributed by atoms with Crippen molar-refractivity contribution in [1.29, 1.82) is 0 Å². The molecule has 0 aromatic heterocycles. The van der Waals surface area contributed by atoms with E-state index in [9.17, 15) is 8.42 Å². The Morgan fingerprint density at radius 2 is 1.90 bits per heavy atom. The van der Waals surface area contributed by atoms with E-state index >= 15 is 0 Å². The molecule has 1 aliphatic carbocycles. The van der Waals surface area contributed by atoms with Gasteiger partial charge in [0, 0.05) is 17.0 Å². The maximum atomic E-state index is 12.8. The van der Waals surface area contributed by atoms with Gasteiger partial charge in [-0.25, -0.2) is 13.1 Å². The molecular weight excluding hydrogens is 304 g/mol. The summed E-state index contributed by atoms with van der Waals surface area (Å²) in [7, 11) is -3.52. The van der Waals surface area contributed by atoms with Gasteiger partial charge >= 0.3 is 0 Å². The lowest BCUT2D eigenvalue weighted by Crippen LogP contribution is -2.34. The van der Waals surface area contributed by atoms with Crippen LogP contribution in [0.5, 0.6) is 0 Å². The first-order valence-corrected chi connectivity index (χ1v) is 9.94. The molecule has 21 heavy (non-hydrogen) atoms. The number of hydrogen-bond acceptors (Lipinski definition) is 4. The van der Waals surface area contributed by atoms with Gasteiger partial charge in [-0.2, -0.15) is 11.8 Å². The molecule has 0 bridgehead atoms. The monoisotopic (exact) mass is 328 g/mol. The van der Waals surface area contributed by atoms with Crippen molar-refractivity contribution in [2.45, 2.75) is 56.2 Å². The predicted molar refractivity (Wildman–Crippen MR) is 90.3 cm³/mol. The largest absolute Gasteiger partial charge is 0.398 e. The normalized spacial score (nSPS) is 22.7. The molecular formula is C15H24N2O2S2. The van der Waals surface area contributed by atoms with Crippen LogP contribution in [0.2, 0.25) is 0 Å². The molecule has 0 spiro atoms. The molecule has 6 heteroatoms. The summed E-state index contributed by atoms with van der Waals surface area (Å²) >= 11 is 1.81. The Kier molecular flexibility index (Phi) is 4.90. The lowest BCUT2D eigenvalue weighted by Gasteiger charge is -2.18. The first-order chi connectivity index (χ1) is 9.76. The van der Waals surface area contributed by atoms with Crippen molar-refractivity contribution in [3.8, 4) is 0 Å². The number of nitrogens with one attached hydrogen (secondary N) is 1. The lowest BCUT2D eigenvalue weighted by atomic mass is 10.1. The zero-order chi connectivity index (χ0) is 15.8. The molecule has 2 rings (SSSR count). The van der Waals surface area contributed by atoms with Gasteiger partial charge in [0.1, 0.15) is 0 Å². The highest BCUT2D eigenvalue weighted by atomic mass is 32.2. The van der Waals surface area contributed by atoms with Crippen molar-refractivity contribution >= 4 is 27.5 Å². The van der Waals surface area contributed by atoms with Crippen LogP contribution in [0.15, 0.2) is 11.0 Å². The van der Waals surface area contributed by atoms with Gasteiger partial charge in [0.05, 0.1) is 4.90 Å². The molecule has 2 unspecified atom stereocenters. The molecule has 1 aromatic carbocycles. The number of rotatable bonds is 4. The van der Waals surface area contributed by atoms with Crippen LogP contribution >= 0.6 is 11.8 Å². The molecule has 2 atom stereocenters. The summed E-state index contributed by atoms with van der Waals surface area (Å²) in [4.78, 5) is 0.354. The quantitative estimate of drug-likeness (QED) is 0.834. The van der Waals surface area contributed by atoms with Crippen LogP contribution in [0.3, 0.4) is 0 Å². The van der Waals surface area contributed by atoms with E-state index in [-0.39, 0.29) is 6.04 Å². The van der Waals surface area contributed by atoms with Gasteiger partial charge in [-0.05, 0) is 69.0 Å². The predicted octanol–water partition coefficient (Wildman–Crippen LogP) is 2.76. The summed E-state index contributed by atoms with van der Waals surface area (Å²) in [6.07, 6.45) is 4.96. The SMILES string of the molecule is CSC1CCC(NS(=O)(=O)c2c(C)c(C)cc(N)c2C)C1. The van der Waals surface area contributed by atoms with Crippen molar-refractivity contribution in [3.63, 3.8) is 0 Å². The van der Waals surface area contributed by atoms with Gasteiger partial charge in [-0.15, -0.1) is 0 Å². The standard InChI is InChI=1S/C15H24N2O2S2/c1-9-7-14(16)11(3)15(10(9)2)21(18,19)17-12-5-6-13(8-12)20-4/h7,12-13,17H,5-6,8,16H2,1-4H3. The number of sulfonamides is 1. The Morgan fingerprint density at radius 1 is 1.24 bits per heavy atom. The van der Waals surface area contributed by atoms with Crippen molar-refractivity contribution in [1.82, 2.24) is 4.72 Å². The van der Waals surface area contributed by atoms with E-state index in [0.29, 0.717) is 21.4 Å². The second-order valence-corrected chi connectivity index (χ2v) is 8.64. The Hall–Kier alpha value is -0.720. The average molecular weight is 329 g/mol. The Balaban J connectivity index is 2.33. The highest BCUT2D eigenvalue weighted by Crippen LogP contribution is 2.31. The summed E-state index contributed by atoms with van der Waals surface area (Å²) in [6, 6.07) is 1.87. The molecule has 1 aliphatic rings. The third-order valence-corrected chi connectivity index (χ3v) is 7.27. The highest BCUT2D eigenvalue weighted by molar-refractivity contribution is 7.99. The molecule has 0 heterocycles. The van der Waals surface area contributed by atoms with Crippen molar-refractivity contribution in [3.05, 3.63) is 22.8 Å². The minimum absolute atomic E-state index is 0.0352. The molecule has 0 radical (unpaired) electrons. The van der Waals surface area contributed by atoms with E-state index in [1.165, 1.54) is 0 Å². The Morgan fingerprint density at radius 3 is 2.48 bits per heavy atom. The van der Waals surface area contributed by atoms with Crippen molar-refractivity contribution in [2.24, 2.45) is 0 Å². The molecule has 1 aromatic rings. The number of anilines is 1. The first-order valence-electron chi connectivity index (χ1n) is 7.17. The number of aryl methyl sites for hydroxylation is 1. The maximum Gasteiger partial charge on any atom is 0.241 e. The fourth-order valence-electron chi connectivity index (χ4n) is 2.98. The number of nitrogen functional groups attached to an aromatic ring is 1. The minimum atomic E-state index is -3.52. The van der Waals surface area contributed by atoms with E-state index in [2.05, 4.69) is 11.0 Å². The summed E-state index contributed by atoms with van der Waals surface area (Å²) < 4.78 is 28.4. The third kappa shape index (κ3) is 3.38. The third-order valence-electron chi connectivity index (χ3n) is 4.39. The molecule has 0 aliphatic heterocycles. The van der Waals surface area contributed by atoms with Gasteiger partial charge in [0.15, 0.2) is 0 Å². The van der Waals surface area contributed by atoms with Crippen LogP contribution < -0.4 is 10.5 Å². The smallest absolute Gasteiger partial charge is 0.241 e. The number of benzene rings is 1.